The molecule has 3 rings (SSSR count). The molecular weight excluding hydrogens is 346 g/mol. The maximum absolute atomic E-state index is 13.2. The molecule has 1 saturated heterocycles. The van der Waals surface area contributed by atoms with Crippen LogP contribution >= 0.6 is 11.8 Å². The molecule has 6 heteroatoms. The molecule has 26 heavy (non-hydrogen) atoms. The highest BCUT2D eigenvalue weighted by Crippen LogP contribution is 2.38. The fourth-order valence-corrected chi connectivity index (χ4v) is 4.26. The number of pyridine rings is 1. The van der Waals surface area contributed by atoms with Crippen molar-refractivity contribution < 1.29 is 9.53 Å². The fraction of sp³-hybridized carbons (Fsp3) is 0.350. The molecule has 0 aliphatic carbocycles. The first-order chi connectivity index (χ1) is 12.6. The number of nitrogens with zero attached hydrogens (tertiary/aromatic N) is 3. The molecule has 2 aromatic rings. The van der Waals surface area contributed by atoms with Crippen LogP contribution < -0.4 is 0 Å². The van der Waals surface area contributed by atoms with E-state index in [-0.39, 0.29) is 5.91 Å². The molecule has 0 bridgehead atoms. The second-order valence-corrected chi connectivity index (χ2v) is 7.31. The highest BCUT2D eigenvalue weighted by molar-refractivity contribution is 8.00. The molecule has 2 heterocycles. The van der Waals surface area contributed by atoms with Gasteiger partial charge in [-0.25, -0.2) is 4.98 Å². The van der Waals surface area contributed by atoms with Gasteiger partial charge < -0.3 is 9.64 Å². The molecule has 1 aromatic carbocycles. The molecule has 5 nitrogen and oxygen atoms in total. The van der Waals surface area contributed by atoms with Crippen LogP contribution in [0.5, 0.6) is 0 Å². The Labute approximate surface area is 158 Å². The maximum Gasteiger partial charge on any atom is 0.240 e. The molecule has 1 atom stereocenters. The van der Waals surface area contributed by atoms with Crippen molar-refractivity contribution in [3.63, 3.8) is 0 Å². The van der Waals surface area contributed by atoms with Crippen molar-refractivity contribution in [2.24, 2.45) is 0 Å². The molecule has 1 aliphatic heterocycles. The highest BCUT2D eigenvalue weighted by Gasteiger charge is 2.29. The predicted octanol–water partition coefficient (Wildman–Crippen LogP) is 3.26. The molecule has 1 amide bonds. The minimum Gasteiger partial charge on any atom is -0.378 e. The van der Waals surface area contributed by atoms with Gasteiger partial charge in [-0.05, 0) is 31.0 Å². The van der Waals surface area contributed by atoms with Gasteiger partial charge in [-0.1, -0.05) is 42.1 Å². The number of rotatable bonds is 4. The van der Waals surface area contributed by atoms with Crippen LogP contribution in [-0.4, -0.2) is 42.1 Å². The molecule has 0 N–H and O–H groups in total. The van der Waals surface area contributed by atoms with Gasteiger partial charge in [-0.15, -0.1) is 0 Å². The fourth-order valence-electron chi connectivity index (χ4n) is 2.97. The van der Waals surface area contributed by atoms with Gasteiger partial charge in [0.15, 0.2) is 0 Å². The number of nitriles is 1. The maximum atomic E-state index is 13.2. The number of amides is 1. The molecule has 0 spiro atoms. The van der Waals surface area contributed by atoms with Gasteiger partial charge in [-0.2, -0.15) is 5.26 Å². The normalized spacial score (nSPS) is 15.3. The van der Waals surface area contributed by atoms with Crippen molar-refractivity contribution in [2.75, 3.05) is 26.3 Å². The number of aryl methyl sites for hydroxylation is 2. The number of morpholine rings is 1. The van der Waals surface area contributed by atoms with Crippen LogP contribution in [-0.2, 0) is 9.53 Å². The third-order valence-electron chi connectivity index (χ3n) is 4.30. The smallest absolute Gasteiger partial charge is 0.240 e. The first kappa shape index (κ1) is 18.4. The summed E-state index contributed by atoms with van der Waals surface area (Å²) in [7, 11) is 0. The number of hydrogen-bond donors (Lipinski definition) is 0. The Kier molecular flexibility index (Phi) is 5.92. The lowest BCUT2D eigenvalue weighted by Crippen LogP contribution is -2.42. The molecule has 134 valence electrons. The van der Waals surface area contributed by atoms with Gasteiger partial charge in [0, 0.05) is 18.8 Å². The number of thioether (sulfide) groups is 1. The Morgan fingerprint density at radius 3 is 2.62 bits per heavy atom. The van der Waals surface area contributed by atoms with E-state index in [0.29, 0.717) is 36.9 Å². The number of carbonyl (C=O) groups excluding carboxylic acids is 1. The SMILES string of the molecule is Cc1cc(C)c(C#N)c(S[C@@H](C(=O)N2CCOCC2)c2ccccc2)n1. The summed E-state index contributed by atoms with van der Waals surface area (Å²) in [6.07, 6.45) is 0. The van der Waals surface area contributed by atoms with Crippen molar-refractivity contribution in [1.29, 1.82) is 5.26 Å². The van der Waals surface area contributed by atoms with Crippen LogP contribution in [0.15, 0.2) is 41.4 Å². The quantitative estimate of drug-likeness (QED) is 0.776. The van der Waals surface area contributed by atoms with Gasteiger partial charge in [0.2, 0.25) is 5.91 Å². The molecule has 1 aliphatic rings. The van der Waals surface area contributed by atoms with Crippen LogP contribution in [0, 0.1) is 25.2 Å². The highest BCUT2D eigenvalue weighted by atomic mass is 32.2. The van der Waals surface area contributed by atoms with E-state index < -0.39 is 5.25 Å². The van der Waals surface area contributed by atoms with Crippen molar-refractivity contribution in [1.82, 2.24) is 9.88 Å². The van der Waals surface area contributed by atoms with Crippen LogP contribution in [0.1, 0.15) is 27.6 Å². The average molecular weight is 367 g/mol. The third kappa shape index (κ3) is 4.06. The molecule has 0 radical (unpaired) electrons. The predicted molar refractivity (Wildman–Crippen MR) is 101 cm³/mol. The van der Waals surface area contributed by atoms with Gasteiger partial charge in [0.1, 0.15) is 16.3 Å². The summed E-state index contributed by atoms with van der Waals surface area (Å²) in [5.74, 6) is 0.0364. The van der Waals surface area contributed by atoms with E-state index in [2.05, 4.69) is 11.1 Å². The van der Waals surface area contributed by atoms with Gasteiger partial charge in [0.25, 0.3) is 0 Å². The summed E-state index contributed by atoms with van der Waals surface area (Å²) in [6.45, 7) is 6.10. The number of ether oxygens (including phenoxy) is 1. The van der Waals surface area contributed by atoms with E-state index in [9.17, 15) is 10.1 Å². The Hall–Kier alpha value is -2.36. The van der Waals surface area contributed by atoms with Gasteiger partial charge in [0.05, 0.1) is 18.8 Å². The summed E-state index contributed by atoms with van der Waals surface area (Å²) < 4.78 is 5.37. The lowest BCUT2D eigenvalue weighted by atomic mass is 10.1. The van der Waals surface area contributed by atoms with Crippen molar-refractivity contribution in [2.45, 2.75) is 24.1 Å². The summed E-state index contributed by atoms with van der Waals surface area (Å²) in [5.41, 5.74) is 3.18. The van der Waals surface area contributed by atoms with E-state index in [4.69, 9.17) is 4.74 Å². The Balaban J connectivity index is 1.97. The number of hydrogen-bond acceptors (Lipinski definition) is 5. The number of aromatic nitrogens is 1. The standard InChI is InChI=1S/C20H21N3O2S/c1-14-12-15(2)22-19(17(14)13-21)26-18(16-6-4-3-5-7-16)20(24)23-8-10-25-11-9-23/h3-7,12,18H,8-11H2,1-2H3/t18-/m1/s1. The topological polar surface area (TPSA) is 66.2 Å². The number of carbonyl (C=O) groups is 1. The summed E-state index contributed by atoms with van der Waals surface area (Å²) in [4.78, 5) is 19.6. The monoisotopic (exact) mass is 367 g/mol. The molecular formula is C20H21N3O2S. The van der Waals surface area contributed by atoms with Gasteiger partial charge >= 0.3 is 0 Å². The van der Waals surface area contributed by atoms with Gasteiger partial charge in [-0.3, -0.25) is 4.79 Å². The minimum absolute atomic E-state index is 0.0364. The molecule has 1 fully saturated rings. The number of benzene rings is 1. The van der Waals surface area contributed by atoms with Crippen LogP contribution in [0.3, 0.4) is 0 Å². The second kappa shape index (κ2) is 8.35. The van der Waals surface area contributed by atoms with E-state index in [1.165, 1.54) is 11.8 Å². The molecule has 0 unspecified atom stereocenters. The third-order valence-corrected chi connectivity index (χ3v) is 5.53. The van der Waals surface area contributed by atoms with E-state index in [1.807, 2.05) is 55.1 Å². The average Bonchev–Trinajstić information content (AvgIpc) is 2.66. The first-order valence-corrected chi connectivity index (χ1v) is 9.44. The molecule has 1 aromatic heterocycles. The largest absolute Gasteiger partial charge is 0.378 e. The Bertz CT molecular complexity index is 827. The van der Waals surface area contributed by atoms with Crippen molar-refractivity contribution in [3.8, 4) is 6.07 Å². The van der Waals surface area contributed by atoms with E-state index in [1.54, 1.807) is 0 Å². The Morgan fingerprint density at radius 2 is 1.96 bits per heavy atom. The zero-order chi connectivity index (χ0) is 18.5. The summed E-state index contributed by atoms with van der Waals surface area (Å²) in [6, 6.07) is 13.8. The summed E-state index contributed by atoms with van der Waals surface area (Å²) >= 11 is 1.36. The van der Waals surface area contributed by atoms with E-state index >= 15 is 0 Å². The lowest BCUT2D eigenvalue weighted by molar-refractivity contribution is -0.134. The zero-order valence-corrected chi connectivity index (χ0v) is 15.8. The first-order valence-electron chi connectivity index (χ1n) is 8.56. The Morgan fingerprint density at radius 1 is 1.27 bits per heavy atom. The van der Waals surface area contributed by atoms with Crippen molar-refractivity contribution in [3.05, 3.63) is 58.8 Å². The lowest BCUT2D eigenvalue weighted by Gasteiger charge is -2.30. The van der Waals surface area contributed by atoms with Crippen molar-refractivity contribution >= 4 is 17.7 Å². The zero-order valence-electron chi connectivity index (χ0n) is 14.9. The van der Waals surface area contributed by atoms with E-state index in [0.717, 1.165) is 16.8 Å². The van der Waals surface area contributed by atoms with Crippen LogP contribution in [0.2, 0.25) is 0 Å². The molecule has 0 saturated carbocycles. The summed E-state index contributed by atoms with van der Waals surface area (Å²) in [5, 5.41) is 9.72. The van der Waals surface area contributed by atoms with Crippen LogP contribution in [0.4, 0.5) is 0 Å². The van der Waals surface area contributed by atoms with Crippen LogP contribution in [0.25, 0.3) is 0 Å². The minimum atomic E-state index is -0.435. The second-order valence-electron chi connectivity index (χ2n) is 6.22.